The number of hydrogen-bond donors (Lipinski definition) is 9. The van der Waals surface area contributed by atoms with E-state index < -0.39 is 72.2 Å². The number of carbonyl (C=O) groups is 1. The lowest BCUT2D eigenvalue weighted by Crippen LogP contribution is -2.65. The maximum absolute atomic E-state index is 12.1. The summed E-state index contributed by atoms with van der Waals surface area (Å²) in [5.74, 6) is -1.94. The van der Waals surface area contributed by atoms with Gasteiger partial charge in [0.2, 0.25) is 11.9 Å². The van der Waals surface area contributed by atoms with Gasteiger partial charge in [0.05, 0.1) is 12.9 Å². The number of morpholine rings is 1. The third-order valence-electron chi connectivity index (χ3n) is 4.39. The Morgan fingerprint density at radius 1 is 1.18 bits per heavy atom. The highest BCUT2D eigenvalue weighted by molar-refractivity contribution is 7.66. The summed E-state index contributed by atoms with van der Waals surface area (Å²) in [5, 5.41) is 21.9. The van der Waals surface area contributed by atoms with Crippen LogP contribution in [0.2, 0.25) is 0 Å². The molecule has 0 aromatic carbocycles. The molecule has 6 atom stereocenters. The molecule has 3 rings (SSSR count). The van der Waals surface area contributed by atoms with Crippen molar-refractivity contribution in [2.45, 2.75) is 24.8 Å². The smallest absolute Gasteiger partial charge is 0.374 e. The Bertz CT molecular complexity index is 1400. The number of nitrogen functional groups attached to an aromatic ring is 1. The van der Waals surface area contributed by atoms with Crippen LogP contribution in [0.5, 0.6) is 0 Å². The van der Waals surface area contributed by atoms with Crippen molar-refractivity contribution < 1.29 is 66.2 Å². The highest BCUT2D eigenvalue weighted by Crippen LogP contribution is 2.66. The molecule has 0 bridgehead atoms. The molecule has 6 unspecified atom stereocenters. The van der Waals surface area contributed by atoms with Crippen molar-refractivity contribution in [2.24, 2.45) is 0 Å². The molecule has 26 heteroatoms. The summed E-state index contributed by atoms with van der Waals surface area (Å²) in [6.07, 6.45) is -6.54. The van der Waals surface area contributed by atoms with Crippen LogP contribution in [0.4, 0.5) is 5.95 Å². The molecule has 22 nitrogen and oxygen atoms in total. The Morgan fingerprint density at radius 3 is 2.45 bits per heavy atom. The standard InChI is InChI=1S/C12H19ClN7O15P3/c13-1-5(21)18-20-9(23)4(2-32-37(28,29)35-38(30,31)34-36(25,26)27)33-11(10(20)24)19-3-15-6-7(19)16-12(14)17-8(6)22/h3-4,9-11,23-24H,1-2H2,(H,18,21)(H,28,29)(H,30,31)(H2,25,26,27)(H3,14,16,17,22). The number of fused-ring (bicyclic) bond motifs is 1. The van der Waals surface area contributed by atoms with Gasteiger partial charge in [-0.05, 0) is 0 Å². The van der Waals surface area contributed by atoms with Crippen LogP contribution < -0.4 is 16.7 Å². The second-order valence-corrected chi connectivity index (χ2v) is 11.8. The van der Waals surface area contributed by atoms with Crippen molar-refractivity contribution >= 4 is 58.1 Å². The van der Waals surface area contributed by atoms with Crippen molar-refractivity contribution in [2.75, 3.05) is 18.2 Å². The zero-order valence-corrected chi connectivity index (χ0v) is 21.7. The van der Waals surface area contributed by atoms with E-state index in [-0.39, 0.29) is 17.1 Å². The number of aromatic amines is 1. The van der Waals surface area contributed by atoms with E-state index in [1.807, 2.05) is 5.43 Å². The maximum Gasteiger partial charge on any atom is 0.490 e. The van der Waals surface area contributed by atoms with Crippen molar-refractivity contribution in [3.63, 3.8) is 0 Å². The average molecular weight is 630 g/mol. The molecular formula is C12H19ClN7O15P3. The van der Waals surface area contributed by atoms with E-state index in [1.165, 1.54) is 0 Å². The number of alkyl halides is 1. The number of hydrogen-bond acceptors (Lipinski definition) is 15. The van der Waals surface area contributed by atoms with E-state index in [0.717, 1.165) is 10.9 Å². The van der Waals surface area contributed by atoms with Crippen LogP contribution in [-0.4, -0.2) is 91.3 Å². The highest BCUT2D eigenvalue weighted by Gasteiger charge is 2.47. The van der Waals surface area contributed by atoms with Crippen LogP contribution in [0.1, 0.15) is 6.23 Å². The number of phosphoric ester groups is 1. The fraction of sp³-hybridized carbons (Fsp3) is 0.500. The number of phosphoric acid groups is 3. The lowest BCUT2D eigenvalue weighted by Gasteiger charge is -2.45. The predicted octanol–water partition coefficient (Wildman–Crippen LogP) is -2.85. The molecule has 1 fully saturated rings. The summed E-state index contributed by atoms with van der Waals surface area (Å²) in [4.78, 5) is 69.9. The number of aromatic nitrogens is 4. The second-order valence-electron chi connectivity index (χ2n) is 7.13. The molecule has 214 valence electrons. The van der Waals surface area contributed by atoms with Gasteiger partial charge < -0.3 is 40.3 Å². The number of aliphatic hydroxyl groups is 2. The largest absolute Gasteiger partial charge is 0.490 e. The third kappa shape index (κ3) is 7.42. The lowest BCUT2D eigenvalue weighted by atomic mass is 10.2. The van der Waals surface area contributed by atoms with E-state index in [9.17, 15) is 43.3 Å². The van der Waals surface area contributed by atoms with E-state index in [1.54, 1.807) is 0 Å². The number of nitrogens with one attached hydrogen (secondary N) is 2. The Hall–Kier alpha value is -1.84. The summed E-state index contributed by atoms with van der Waals surface area (Å²) in [6, 6.07) is 0. The molecule has 0 saturated carbocycles. The van der Waals surface area contributed by atoms with E-state index >= 15 is 0 Å². The average Bonchev–Trinajstić information content (AvgIpc) is 3.17. The van der Waals surface area contributed by atoms with Gasteiger partial charge in [-0.3, -0.25) is 29.1 Å². The molecule has 1 saturated heterocycles. The van der Waals surface area contributed by atoms with Gasteiger partial charge in [0.1, 0.15) is 12.0 Å². The van der Waals surface area contributed by atoms with Gasteiger partial charge in [-0.2, -0.15) is 18.6 Å². The first-order chi connectivity index (χ1) is 17.4. The molecule has 1 aliphatic heterocycles. The molecule has 0 aliphatic carbocycles. The van der Waals surface area contributed by atoms with Gasteiger partial charge in [-0.15, -0.1) is 11.6 Å². The normalized spacial score (nSPS) is 26.1. The van der Waals surface area contributed by atoms with Gasteiger partial charge >= 0.3 is 23.5 Å². The van der Waals surface area contributed by atoms with E-state index in [0.29, 0.717) is 5.01 Å². The Balaban J connectivity index is 1.90. The van der Waals surface area contributed by atoms with Gasteiger partial charge in [0.15, 0.2) is 29.8 Å². The number of carbonyl (C=O) groups excluding carboxylic acids is 1. The molecule has 2 aromatic heterocycles. The van der Waals surface area contributed by atoms with E-state index in [4.69, 9.17) is 31.9 Å². The summed E-state index contributed by atoms with van der Waals surface area (Å²) in [7, 11) is -17.1. The molecule has 1 aliphatic rings. The number of hydrazine groups is 1. The van der Waals surface area contributed by atoms with Gasteiger partial charge in [0, 0.05) is 0 Å². The molecular weight excluding hydrogens is 611 g/mol. The molecule has 0 radical (unpaired) electrons. The zero-order chi connectivity index (χ0) is 28.6. The number of nitrogens with two attached hydrogens (primary N) is 1. The van der Waals surface area contributed by atoms with Crippen molar-refractivity contribution in [3.8, 4) is 0 Å². The minimum absolute atomic E-state index is 0.234. The predicted molar refractivity (Wildman–Crippen MR) is 119 cm³/mol. The van der Waals surface area contributed by atoms with Crippen LogP contribution in [0, 0.1) is 0 Å². The van der Waals surface area contributed by atoms with Gasteiger partial charge in [0.25, 0.3) is 5.56 Å². The Kier molecular flexibility index (Phi) is 9.16. The third-order valence-corrected chi connectivity index (χ3v) is 8.43. The number of rotatable bonds is 10. The monoisotopic (exact) mass is 629 g/mol. The summed E-state index contributed by atoms with van der Waals surface area (Å²) < 4.78 is 52.4. The first kappa shape index (κ1) is 30.7. The zero-order valence-electron chi connectivity index (χ0n) is 18.2. The van der Waals surface area contributed by atoms with Crippen LogP contribution >= 0.6 is 35.1 Å². The fourth-order valence-corrected chi connectivity index (χ4v) is 6.12. The van der Waals surface area contributed by atoms with Crippen molar-refractivity contribution in [3.05, 3.63) is 16.7 Å². The summed E-state index contributed by atoms with van der Waals surface area (Å²) in [6.45, 7) is -1.19. The van der Waals surface area contributed by atoms with Crippen LogP contribution in [0.25, 0.3) is 11.2 Å². The summed E-state index contributed by atoms with van der Waals surface area (Å²) in [5.41, 5.74) is 6.32. The topological polar surface area (TPSA) is 331 Å². The minimum Gasteiger partial charge on any atom is -0.374 e. The number of H-pyrrole nitrogens is 1. The van der Waals surface area contributed by atoms with Crippen LogP contribution in [0.3, 0.4) is 0 Å². The number of ether oxygens (including phenoxy) is 1. The van der Waals surface area contributed by atoms with Crippen molar-refractivity contribution in [1.29, 1.82) is 0 Å². The number of anilines is 1. The number of imidazole rings is 1. The first-order valence-electron chi connectivity index (χ1n) is 9.59. The molecule has 3 heterocycles. The lowest BCUT2D eigenvalue weighted by molar-refractivity contribution is -0.299. The second kappa shape index (κ2) is 11.3. The highest BCUT2D eigenvalue weighted by atomic mass is 35.5. The molecule has 2 aromatic rings. The van der Waals surface area contributed by atoms with E-state index in [2.05, 4.69) is 28.1 Å². The Labute approximate surface area is 214 Å². The van der Waals surface area contributed by atoms with Gasteiger partial charge in [-0.25, -0.2) is 18.7 Å². The fourth-order valence-electron chi connectivity index (χ4n) is 3.03. The van der Waals surface area contributed by atoms with Crippen LogP contribution in [-0.2, 0) is 36.4 Å². The maximum atomic E-state index is 12.1. The number of halogens is 1. The molecule has 38 heavy (non-hydrogen) atoms. The quantitative estimate of drug-likeness (QED) is 0.0942. The van der Waals surface area contributed by atoms with Crippen LogP contribution in [0.15, 0.2) is 11.1 Å². The number of nitrogens with zero attached hydrogens (tertiary/aromatic N) is 4. The summed E-state index contributed by atoms with van der Waals surface area (Å²) >= 11 is 5.44. The minimum atomic E-state index is -5.85. The molecule has 0 spiro atoms. The number of amides is 1. The SMILES string of the molecule is Nc1nc2c(ncn2C2OC(COP(=O)(O)OP(=O)(O)OP(=O)(O)O)C(O)N(NC(=O)CCl)C2O)c(=O)[nH]1. The Morgan fingerprint density at radius 2 is 1.84 bits per heavy atom. The molecule has 1 amide bonds. The van der Waals surface area contributed by atoms with Gasteiger partial charge in [-0.1, -0.05) is 0 Å². The number of aliphatic hydroxyl groups excluding tert-OH is 2. The molecule has 10 N–H and O–H groups in total. The van der Waals surface area contributed by atoms with Crippen molar-refractivity contribution in [1.82, 2.24) is 30.0 Å². The first-order valence-corrected chi connectivity index (χ1v) is 14.6.